The Hall–Kier alpha value is -1.03. The molecule has 2 N–H and O–H groups in total. The predicted octanol–water partition coefficient (Wildman–Crippen LogP) is 2.83. The summed E-state index contributed by atoms with van der Waals surface area (Å²) in [4.78, 5) is 4.70. The van der Waals surface area contributed by atoms with E-state index in [1.54, 1.807) is 0 Å². The predicted molar refractivity (Wildman–Crippen MR) is 66.5 cm³/mol. The molecule has 0 radical (unpaired) electrons. The lowest BCUT2D eigenvalue weighted by molar-refractivity contribution is 0.127. The first kappa shape index (κ1) is 11.5. The van der Waals surface area contributed by atoms with Gasteiger partial charge in [0.05, 0.1) is 6.61 Å². The van der Waals surface area contributed by atoms with Crippen molar-refractivity contribution in [3.05, 3.63) is 35.0 Å². The first-order chi connectivity index (χ1) is 7.63. The van der Waals surface area contributed by atoms with E-state index in [0.717, 1.165) is 10.5 Å². The number of hydrogen-bond donors (Lipinski definition) is 1. The molecule has 0 saturated carbocycles. The number of halogens is 1. The van der Waals surface area contributed by atoms with E-state index in [9.17, 15) is 0 Å². The Morgan fingerprint density at radius 1 is 1.50 bits per heavy atom. The number of aryl methyl sites for hydroxylation is 1. The fourth-order valence-electron chi connectivity index (χ4n) is 2.02. The summed E-state index contributed by atoms with van der Waals surface area (Å²) in [6.45, 7) is 2.61. The van der Waals surface area contributed by atoms with Gasteiger partial charge in [-0.25, -0.2) is 5.90 Å². The van der Waals surface area contributed by atoms with Gasteiger partial charge in [-0.1, -0.05) is 24.6 Å². The van der Waals surface area contributed by atoms with Crippen molar-refractivity contribution in [2.45, 2.75) is 12.8 Å². The van der Waals surface area contributed by atoms with Gasteiger partial charge in [-0.15, -0.1) is 0 Å². The molecule has 0 aliphatic carbocycles. The van der Waals surface area contributed by atoms with Gasteiger partial charge in [0.1, 0.15) is 0 Å². The topological polar surface area (TPSA) is 40.2 Å². The highest BCUT2D eigenvalue weighted by Gasteiger charge is 2.13. The molecule has 1 unspecified atom stereocenters. The van der Waals surface area contributed by atoms with Crippen molar-refractivity contribution in [2.24, 2.45) is 12.9 Å². The summed E-state index contributed by atoms with van der Waals surface area (Å²) in [6.07, 6.45) is 2.10. The van der Waals surface area contributed by atoms with E-state index in [-0.39, 0.29) is 5.92 Å². The molecule has 1 atom stereocenters. The molecule has 0 fully saturated rings. The van der Waals surface area contributed by atoms with E-state index in [1.807, 2.05) is 25.2 Å². The smallest absolute Gasteiger partial charge is 0.0745 e. The average molecular weight is 239 g/mol. The Balaban J connectivity index is 2.55. The number of nitrogens with zero attached hydrogens (tertiary/aromatic N) is 1. The van der Waals surface area contributed by atoms with Crippen LogP contribution in [0, 0.1) is 0 Å². The van der Waals surface area contributed by atoms with Gasteiger partial charge in [0.25, 0.3) is 0 Å². The van der Waals surface area contributed by atoms with Gasteiger partial charge in [-0.05, 0) is 17.7 Å². The number of aromatic nitrogens is 1. The third-order valence-corrected chi connectivity index (χ3v) is 3.10. The zero-order chi connectivity index (χ0) is 11.7. The molecule has 0 saturated heterocycles. The summed E-state index contributed by atoms with van der Waals surface area (Å²) < 4.78 is 2.07. The summed E-state index contributed by atoms with van der Waals surface area (Å²) in [5, 5.41) is 1.96. The largest absolute Gasteiger partial charge is 0.350 e. The van der Waals surface area contributed by atoms with E-state index in [0.29, 0.717) is 6.61 Å². The van der Waals surface area contributed by atoms with E-state index in [1.165, 1.54) is 10.9 Å². The van der Waals surface area contributed by atoms with E-state index < -0.39 is 0 Å². The van der Waals surface area contributed by atoms with Crippen molar-refractivity contribution in [3.8, 4) is 0 Å². The summed E-state index contributed by atoms with van der Waals surface area (Å²) in [5.41, 5.74) is 2.37. The minimum Gasteiger partial charge on any atom is -0.350 e. The number of nitrogens with two attached hydrogens (primary N) is 1. The molecule has 0 aliphatic heterocycles. The van der Waals surface area contributed by atoms with Crippen molar-refractivity contribution in [3.63, 3.8) is 0 Å². The van der Waals surface area contributed by atoms with Crippen LogP contribution in [0.15, 0.2) is 24.4 Å². The third-order valence-electron chi connectivity index (χ3n) is 2.86. The van der Waals surface area contributed by atoms with Crippen molar-refractivity contribution in [1.82, 2.24) is 4.57 Å². The zero-order valence-corrected chi connectivity index (χ0v) is 10.2. The molecular formula is C12H15ClN2O. The number of benzene rings is 1. The zero-order valence-electron chi connectivity index (χ0n) is 9.40. The molecule has 0 aliphatic rings. The van der Waals surface area contributed by atoms with Gasteiger partial charge in [-0.2, -0.15) is 0 Å². The molecule has 4 heteroatoms. The van der Waals surface area contributed by atoms with Crippen molar-refractivity contribution in [2.75, 3.05) is 6.61 Å². The molecule has 3 nitrogen and oxygen atoms in total. The Morgan fingerprint density at radius 2 is 2.25 bits per heavy atom. The highest BCUT2D eigenvalue weighted by Crippen LogP contribution is 2.29. The normalized spacial score (nSPS) is 13.2. The SMILES string of the molecule is CC(CON)c1cn(C)c2cc(Cl)ccc12. The second kappa shape index (κ2) is 4.45. The number of hydrogen-bond acceptors (Lipinski definition) is 2. The summed E-state index contributed by atoms with van der Waals surface area (Å²) in [7, 11) is 2.01. The lowest BCUT2D eigenvalue weighted by Crippen LogP contribution is -2.08. The minimum absolute atomic E-state index is 0.273. The summed E-state index contributed by atoms with van der Waals surface area (Å²) >= 11 is 5.98. The quantitative estimate of drug-likeness (QED) is 0.836. The molecule has 16 heavy (non-hydrogen) atoms. The Kier molecular flexibility index (Phi) is 3.19. The number of fused-ring (bicyclic) bond motifs is 1. The van der Waals surface area contributed by atoms with E-state index >= 15 is 0 Å². The van der Waals surface area contributed by atoms with Crippen molar-refractivity contribution in [1.29, 1.82) is 0 Å². The summed E-state index contributed by atoms with van der Waals surface area (Å²) in [5.74, 6) is 5.39. The maximum Gasteiger partial charge on any atom is 0.0745 e. The second-order valence-electron chi connectivity index (χ2n) is 4.09. The Morgan fingerprint density at radius 3 is 2.94 bits per heavy atom. The van der Waals surface area contributed by atoms with Crippen LogP contribution in [-0.2, 0) is 11.9 Å². The average Bonchev–Trinajstić information content (AvgIpc) is 2.56. The Bertz CT molecular complexity index is 507. The maximum atomic E-state index is 5.98. The monoisotopic (exact) mass is 238 g/mol. The first-order valence-corrected chi connectivity index (χ1v) is 5.57. The molecule has 0 spiro atoms. The third kappa shape index (κ3) is 1.94. The fraction of sp³-hybridized carbons (Fsp3) is 0.333. The van der Waals surface area contributed by atoms with Crippen LogP contribution in [0.5, 0.6) is 0 Å². The van der Waals surface area contributed by atoms with Crippen LogP contribution in [0.4, 0.5) is 0 Å². The molecule has 2 aromatic rings. The number of rotatable bonds is 3. The fourth-order valence-corrected chi connectivity index (χ4v) is 2.18. The molecular weight excluding hydrogens is 224 g/mol. The van der Waals surface area contributed by atoms with Gasteiger partial charge in [0.2, 0.25) is 0 Å². The summed E-state index contributed by atoms with van der Waals surface area (Å²) in [6, 6.07) is 5.92. The molecule has 1 aromatic heterocycles. The van der Waals surface area contributed by atoms with Crippen molar-refractivity contribution < 1.29 is 4.84 Å². The molecule has 2 rings (SSSR count). The van der Waals surface area contributed by atoms with E-state index in [2.05, 4.69) is 17.7 Å². The lowest BCUT2D eigenvalue weighted by atomic mass is 10.0. The van der Waals surface area contributed by atoms with Crippen LogP contribution in [0.2, 0.25) is 5.02 Å². The van der Waals surface area contributed by atoms with Crippen LogP contribution in [0.25, 0.3) is 10.9 Å². The molecule has 1 aromatic carbocycles. The minimum atomic E-state index is 0.273. The van der Waals surface area contributed by atoms with E-state index in [4.69, 9.17) is 22.3 Å². The molecule has 86 valence electrons. The lowest BCUT2D eigenvalue weighted by Gasteiger charge is -2.08. The van der Waals surface area contributed by atoms with Gasteiger partial charge in [0, 0.05) is 35.1 Å². The molecule has 0 amide bonds. The molecule has 0 bridgehead atoms. The molecule has 1 heterocycles. The van der Waals surface area contributed by atoms with Crippen LogP contribution in [-0.4, -0.2) is 11.2 Å². The van der Waals surface area contributed by atoms with Gasteiger partial charge >= 0.3 is 0 Å². The maximum absolute atomic E-state index is 5.98. The van der Waals surface area contributed by atoms with Crippen LogP contribution >= 0.6 is 11.6 Å². The Labute approximate surface area is 99.7 Å². The van der Waals surface area contributed by atoms with Crippen LogP contribution in [0.1, 0.15) is 18.4 Å². The van der Waals surface area contributed by atoms with Gasteiger partial charge in [0.15, 0.2) is 0 Å². The first-order valence-electron chi connectivity index (χ1n) is 5.19. The van der Waals surface area contributed by atoms with Crippen LogP contribution in [0.3, 0.4) is 0 Å². The highest BCUT2D eigenvalue weighted by atomic mass is 35.5. The highest BCUT2D eigenvalue weighted by molar-refractivity contribution is 6.31. The van der Waals surface area contributed by atoms with Crippen LogP contribution < -0.4 is 5.90 Å². The van der Waals surface area contributed by atoms with Gasteiger partial charge < -0.3 is 9.40 Å². The second-order valence-corrected chi connectivity index (χ2v) is 4.53. The van der Waals surface area contributed by atoms with Gasteiger partial charge in [-0.3, -0.25) is 0 Å². The van der Waals surface area contributed by atoms with Crippen molar-refractivity contribution >= 4 is 22.5 Å². The standard InChI is InChI=1S/C12H15ClN2O/c1-8(7-16-14)11-6-15(2)12-5-9(13)3-4-10(11)12/h3-6,8H,7,14H2,1-2H3.